The summed E-state index contributed by atoms with van der Waals surface area (Å²) >= 11 is 0. The first kappa shape index (κ1) is 22.6. The van der Waals surface area contributed by atoms with E-state index < -0.39 is 0 Å². The number of aromatic nitrogens is 3. The number of aliphatic hydroxyl groups excluding tert-OH is 1. The largest absolute Gasteiger partial charge is 1.00 e. The Labute approximate surface area is 175 Å². The fraction of sp³-hybridized carbons (Fsp3) is 0.350. The second-order valence-electron chi connectivity index (χ2n) is 7.43. The first-order valence-corrected chi connectivity index (χ1v) is 9.22. The number of phenols is 1. The molecule has 0 aliphatic heterocycles. The molecule has 0 bridgehead atoms. The monoisotopic (exact) mass is 419 g/mol. The van der Waals surface area contributed by atoms with Crippen molar-refractivity contribution in [3.8, 4) is 11.4 Å². The Morgan fingerprint density at radius 3 is 2.38 bits per heavy atom. The van der Waals surface area contributed by atoms with Gasteiger partial charge in [-0.2, -0.15) is 0 Å². The highest BCUT2D eigenvalue weighted by Gasteiger charge is 2.15. The number of carbonyl (C=O) groups is 1. The van der Waals surface area contributed by atoms with Crippen LogP contribution < -0.4 is 17.7 Å². The Hall–Kier alpha value is -2.68. The molecule has 0 unspecified atom stereocenters. The Morgan fingerprint density at radius 2 is 1.76 bits per heavy atom. The summed E-state index contributed by atoms with van der Waals surface area (Å²) in [5, 5.41) is 30.9. The van der Waals surface area contributed by atoms with Crippen molar-refractivity contribution in [3.63, 3.8) is 0 Å². The summed E-state index contributed by atoms with van der Waals surface area (Å²) in [6, 6.07) is 12.4. The number of carbonyl (C=O) groups excluding carboxylic acids is 1. The minimum atomic E-state index is -0.0979. The summed E-state index contributed by atoms with van der Waals surface area (Å²) in [6.45, 7) is 2.02. The van der Waals surface area contributed by atoms with Crippen LogP contribution in [0.15, 0.2) is 42.5 Å². The number of rotatable bonds is 8. The Bertz CT molecular complexity index is 941. The van der Waals surface area contributed by atoms with E-state index in [0.29, 0.717) is 23.3 Å². The number of fused-ring (bicyclic) bond motifs is 1. The van der Waals surface area contributed by atoms with Crippen LogP contribution in [0.2, 0.25) is 0 Å². The van der Waals surface area contributed by atoms with Crippen LogP contribution in [-0.2, 0) is 11.2 Å². The van der Waals surface area contributed by atoms with Crippen molar-refractivity contribution in [1.82, 2.24) is 20.3 Å². The van der Waals surface area contributed by atoms with Crippen LogP contribution in [0.5, 0.6) is 5.75 Å². The maximum Gasteiger partial charge on any atom is 0.224 e. The Balaban J connectivity index is 0.00000300. The number of amides is 1. The molecule has 0 spiro atoms. The van der Waals surface area contributed by atoms with Crippen LogP contribution in [0.25, 0.3) is 16.7 Å². The smallest absolute Gasteiger partial charge is 0.224 e. The van der Waals surface area contributed by atoms with Crippen molar-refractivity contribution < 1.29 is 31.9 Å². The fourth-order valence-electron chi connectivity index (χ4n) is 2.94. The summed E-state index contributed by atoms with van der Waals surface area (Å²) in [6.07, 6.45) is 0.196. The van der Waals surface area contributed by atoms with Gasteiger partial charge in [-0.1, -0.05) is 18.2 Å². The first-order valence-electron chi connectivity index (χ1n) is 9.22. The van der Waals surface area contributed by atoms with E-state index in [-0.39, 0.29) is 37.1 Å². The van der Waals surface area contributed by atoms with Gasteiger partial charge in [-0.3, -0.25) is 4.79 Å². The number of quaternary nitrogens is 1. The molecule has 0 saturated heterocycles. The minimum absolute atomic E-state index is 0. The van der Waals surface area contributed by atoms with E-state index in [0.717, 1.165) is 23.1 Å². The van der Waals surface area contributed by atoms with Gasteiger partial charge in [0.2, 0.25) is 5.91 Å². The number of hydrogen-bond donors (Lipinski definition) is 3. The molecule has 29 heavy (non-hydrogen) atoms. The molecule has 0 atom stereocenters. The van der Waals surface area contributed by atoms with Crippen molar-refractivity contribution in [3.05, 3.63) is 48.0 Å². The Kier molecular flexibility index (Phi) is 7.55. The van der Waals surface area contributed by atoms with Gasteiger partial charge in [-0.25, -0.2) is 0 Å². The minimum Gasteiger partial charge on any atom is -1.00 e. The number of halogens is 1. The van der Waals surface area contributed by atoms with Gasteiger partial charge in [0.05, 0.1) is 40.2 Å². The number of benzene rings is 2. The van der Waals surface area contributed by atoms with Crippen LogP contribution in [0.4, 0.5) is 0 Å². The zero-order valence-electron chi connectivity index (χ0n) is 16.5. The lowest BCUT2D eigenvalue weighted by Gasteiger charge is -2.28. The molecule has 0 radical (unpaired) electrons. The van der Waals surface area contributed by atoms with Crippen molar-refractivity contribution in [2.45, 2.75) is 6.42 Å². The number of aromatic hydroxyl groups is 1. The van der Waals surface area contributed by atoms with E-state index in [2.05, 4.69) is 15.5 Å². The highest BCUT2D eigenvalue weighted by molar-refractivity contribution is 5.79. The van der Waals surface area contributed by atoms with Gasteiger partial charge in [0.25, 0.3) is 0 Å². The summed E-state index contributed by atoms with van der Waals surface area (Å²) in [7, 11) is 4.02. The number of nitrogens with one attached hydrogen (secondary N) is 1. The second-order valence-corrected chi connectivity index (χ2v) is 7.43. The third-order valence-electron chi connectivity index (χ3n) is 4.65. The molecule has 0 aliphatic rings. The summed E-state index contributed by atoms with van der Waals surface area (Å²) in [5.74, 6) is -0.0493. The van der Waals surface area contributed by atoms with Gasteiger partial charge < -0.3 is 32.4 Å². The zero-order valence-corrected chi connectivity index (χ0v) is 17.3. The van der Waals surface area contributed by atoms with Gasteiger partial charge in [-0.15, -0.1) is 15.0 Å². The molecular formula is C20H26ClN5O3. The molecular weight excluding hydrogens is 394 g/mol. The topological polar surface area (TPSA) is 100 Å². The van der Waals surface area contributed by atoms with Crippen LogP contribution in [0, 0.1) is 0 Å². The quantitative estimate of drug-likeness (QED) is 0.362. The molecule has 3 rings (SSSR count). The van der Waals surface area contributed by atoms with E-state index in [1.807, 2.05) is 38.4 Å². The van der Waals surface area contributed by atoms with E-state index in [9.17, 15) is 9.90 Å². The average Bonchev–Trinajstić information content (AvgIpc) is 3.07. The van der Waals surface area contributed by atoms with E-state index >= 15 is 0 Å². The van der Waals surface area contributed by atoms with E-state index in [1.54, 1.807) is 18.2 Å². The molecule has 1 amide bonds. The molecule has 1 heterocycles. The molecule has 0 aliphatic carbocycles. The second kappa shape index (κ2) is 9.69. The van der Waals surface area contributed by atoms with Crippen LogP contribution in [0.3, 0.4) is 0 Å². The van der Waals surface area contributed by atoms with Crippen molar-refractivity contribution >= 4 is 16.9 Å². The highest BCUT2D eigenvalue weighted by Crippen LogP contribution is 2.23. The van der Waals surface area contributed by atoms with Crippen molar-refractivity contribution in [1.29, 1.82) is 0 Å². The first-order chi connectivity index (χ1) is 13.4. The Morgan fingerprint density at radius 1 is 1.10 bits per heavy atom. The summed E-state index contributed by atoms with van der Waals surface area (Å²) in [5.41, 5.74) is 2.65. The molecule has 3 aromatic rings. The molecule has 3 N–H and O–H groups in total. The number of likely N-dealkylation sites (N-methyl/N-ethyl adjacent to an activating group) is 1. The maximum absolute atomic E-state index is 12.3. The molecule has 2 aromatic carbocycles. The number of aliphatic hydroxyl groups is 1. The summed E-state index contributed by atoms with van der Waals surface area (Å²) in [4.78, 5) is 13.6. The molecule has 1 aromatic heterocycles. The molecule has 0 fully saturated rings. The van der Waals surface area contributed by atoms with Gasteiger partial charge in [0.15, 0.2) is 0 Å². The van der Waals surface area contributed by atoms with Gasteiger partial charge in [0.1, 0.15) is 29.0 Å². The SMILES string of the molecule is C[N+](C)(CCO)CCNC(=O)Cc1ccc(O)c(-n2nc3ccccc3n2)c1.[Cl-]. The van der Waals surface area contributed by atoms with Gasteiger partial charge in [-0.05, 0) is 29.8 Å². The number of phenolic OH excluding ortho intramolecular Hbond substituents is 1. The zero-order chi connectivity index (χ0) is 20.1. The van der Waals surface area contributed by atoms with Crippen LogP contribution >= 0.6 is 0 Å². The van der Waals surface area contributed by atoms with E-state index in [1.165, 1.54) is 4.80 Å². The van der Waals surface area contributed by atoms with Crippen molar-refractivity contribution in [2.24, 2.45) is 0 Å². The summed E-state index contributed by atoms with van der Waals surface area (Å²) < 4.78 is 0.638. The highest BCUT2D eigenvalue weighted by atomic mass is 35.5. The van der Waals surface area contributed by atoms with Gasteiger partial charge >= 0.3 is 0 Å². The third kappa shape index (κ3) is 5.90. The standard InChI is InChI=1S/C20H25N5O3.ClH/c1-25(2,11-12-26)10-9-21-20(28)14-15-7-8-19(27)18(13-15)24-22-16-5-3-4-6-17(16)23-24;/h3-8,13,26H,9-12,14H2,1-2H3,(H-,21,27,28);1H. The lowest BCUT2D eigenvalue weighted by molar-refractivity contribution is -0.889. The normalized spacial score (nSPS) is 11.3. The lowest BCUT2D eigenvalue weighted by Crippen LogP contribution is -3.00. The molecule has 8 nitrogen and oxygen atoms in total. The maximum atomic E-state index is 12.3. The van der Waals surface area contributed by atoms with Crippen LogP contribution in [-0.4, -0.2) is 75.9 Å². The number of nitrogens with zero attached hydrogens (tertiary/aromatic N) is 4. The predicted molar refractivity (Wildman–Crippen MR) is 106 cm³/mol. The number of hydrogen-bond acceptors (Lipinski definition) is 5. The molecule has 9 heteroatoms. The fourth-order valence-corrected chi connectivity index (χ4v) is 2.94. The lowest BCUT2D eigenvalue weighted by atomic mass is 10.1. The average molecular weight is 420 g/mol. The van der Waals surface area contributed by atoms with Crippen LogP contribution in [0.1, 0.15) is 5.56 Å². The molecule has 0 saturated carbocycles. The van der Waals surface area contributed by atoms with Gasteiger partial charge in [0, 0.05) is 0 Å². The molecule has 156 valence electrons. The third-order valence-corrected chi connectivity index (χ3v) is 4.65. The predicted octanol–water partition coefficient (Wildman–Crippen LogP) is -2.14. The van der Waals surface area contributed by atoms with Crippen molar-refractivity contribution in [2.75, 3.05) is 40.3 Å². The van der Waals surface area contributed by atoms with E-state index in [4.69, 9.17) is 5.11 Å².